The van der Waals surface area contributed by atoms with Crippen molar-refractivity contribution < 1.29 is 5.11 Å². The van der Waals surface area contributed by atoms with Gasteiger partial charge in [-0.25, -0.2) is 0 Å². The molecular weight excluding hydrogens is 202 g/mol. The molecule has 0 amide bonds. The molecule has 0 unspecified atom stereocenters. The molecule has 2 heterocycles. The summed E-state index contributed by atoms with van der Waals surface area (Å²) in [6, 6.07) is 0.549. The first kappa shape index (κ1) is 11.6. The summed E-state index contributed by atoms with van der Waals surface area (Å²) in [6.45, 7) is 2.59. The van der Waals surface area contributed by atoms with Crippen LogP contribution in [0.15, 0.2) is 12.4 Å². The van der Waals surface area contributed by atoms with E-state index in [4.69, 9.17) is 5.11 Å². The van der Waals surface area contributed by atoms with Crippen LogP contribution < -0.4 is 0 Å². The standard InChI is InChI=1S/C12H21N3O/c1-14-10-11(9-13-14)12-5-4-7-15(12)6-2-3-8-16/h9-10,12,16H,2-8H2,1H3/t12-/m0/s1. The minimum absolute atomic E-state index is 0.311. The lowest BCUT2D eigenvalue weighted by atomic mass is 10.1. The maximum Gasteiger partial charge on any atom is 0.0537 e. The van der Waals surface area contributed by atoms with Crippen LogP contribution in [0.1, 0.15) is 37.3 Å². The molecule has 1 aliphatic heterocycles. The lowest BCUT2D eigenvalue weighted by molar-refractivity contribution is 0.231. The van der Waals surface area contributed by atoms with E-state index in [1.807, 2.05) is 17.9 Å². The normalized spacial score (nSPS) is 21.8. The molecule has 90 valence electrons. The Morgan fingerprint density at radius 3 is 3.06 bits per heavy atom. The van der Waals surface area contributed by atoms with E-state index in [9.17, 15) is 0 Å². The van der Waals surface area contributed by atoms with Crippen LogP contribution in [0.25, 0.3) is 0 Å². The summed E-state index contributed by atoms with van der Waals surface area (Å²) in [7, 11) is 1.97. The Labute approximate surface area is 96.9 Å². The fourth-order valence-electron chi connectivity index (χ4n) is 2.51. The van der Waals surface area contributed by atoms with Crippen molar-refractivity contribution in [3.05, 3.63) is 18.0 Å². The Morgan fingerprint density at radius 2 is 2.38 bits per heavy atom. The average Bonchev–Trinajstić information content (AvgIpc) is 2.87. The zero-order valence-electron chi connectivity index (χ0n) is 9.97. The van der Waals surface area contributed by atoms with E-state index in [2.05, 4.69) is 16.2 Å². The lowest BCUT2D eigenvalue weighted by Crippen LogP contribution is -2.24. The molecule has 0 bridgehead atoms. The summed E-state index contributed by atoms with van der Waals surface area (Å²) >= 11 is 0. The molecule has 0 aromatic carbocycles. The third-order valence-corrected chi connectivity index (χ3v) is 3.33. The van der Waals surface area contributed by atoms with Crippen molar-refractivity contribution in [2.45, 2.75) is 31.7 Å². The van der Waals surface area contributed by atoms with Gasteiger partial charge in [0.25, 0.3) is 0 Å². The fraction of sp³-hybridized carbons (Fsp3) is 0.750. The number of aromatic nitrogens is 2. The molecule has 1 saturated heterocycles. The predicted octanol–water partition coefficient (Wildman–Crippen LogP) is 1.33. The number of hydrogen-bond acceptors (Lipinski definition) is 3. The number of nitrogens with zero attached hydrogens (tertiary/aromatic N) is 3. The molecule has 1 aliphatic rings. The number of aliphatic hydroxyl groups is 1. The molecule has 0 spiro atoms. The van der Waals surface area contributed by atoms with E-state index in [0.717, 1.165) is 19.4 Å². The number of unbranched alkanes of at least 4 members (excludes halogenated alkanes) is 1. The third-order valence-electron chi connectivity index (χ3n) is 3.33. The van der Waals surface area contributed by atoms with Crippen molar-refractivity contribution in [2.75, 3.05) is 19.7 Å². The van der Waals surface area contributed by atoms with Crippen LogP contribution in [-0.2, 0) is 7.05 Å². The van der Waals surface area contributed by atoms with E-state index in [1.165, 1.54) is 24.9 Å². The highest BCUT2D eigenvalue weighted by molar-refractivity contribution is 5.12. The van der Waals surface area contributed by atoms with Gasteiger partial charge in [0.15, 0.2) is 0 Å². The molecule has 1 N–H and O–H groups in total. The summed E-state index contributed by atoms with van der Waals surface area (Å²) in [5.41, 5.74) is 1.34. The van der Waals surface area contributed by atoms with Gasteiger partial charge in [-0.1, -0.05) is 0 Å². The maximum atomic E-state index is 8.79. The summed E-state index contributed by atoms with van der Waals surface area (Å²) in [5.74, 6) is 0. The zero-order chi connectivity index (χ0) is 11.4. The quantitative estimate of drug-likeness (QED) is 0.766. The van der Waals surface area contributed by atoms with E-state index in [1.54, 1.807) is 0 Å². The Bertz CT molecular complexity index is 324. The van der Waals surface area contributed by atoms with Gasteiger partial charge in [-0.05, 0) is 38.8 Å². The summed E-state index contributed by atoms with van der Waals surface area (Å²) in [6.07, 6.45) is 8.62. The minimum atomic E-state index is 0.311. The van der Waals surface area contributed by atoms with Crippen LogP contribution in [0.2, 0.25) is 0 Å². The summed E-state index contributed by atoms with van der Waals surface area (Å²) in [5, 5.41) is 13.0. The van der Waals surface area contributed by atoms with Gasteiger partial charge in [0, 0.05) is 31.5 Å². The van der Waals surface area contributed by atoms with Gasteiger partial charge in [-0.3, -0.25) is 9.58 Å². The summed E-state index contributed by atoms with van der Waals surface area (Å²) in [4.78, 5) is 2.52. The van der Waals surface area contributed by atoms with Crippen LogP contribution in [0.4, 0.5) is 0 Å². The molecule has 4 nitrogen and oxygen atoms in total. The largest absolute Gasteiger partial charge is 0.396 e. The maximum absolute atomic E-state index is 8.79. The van der Waals surface area contributed by atoms with Gasteiger partial charge in [-0.15, -0.1) is 0 Å². The van der Waals surface area contributed by atoms with E-state index < -0.39 is 0 Å². The SMILES string of the molecule is Cn1cc([C@@H]2CCCN2CCCCO)cn1. The predicted molar refractivity (Wildman–Crippen MR) is 63.1 cm³/mol. The molecule has 1 aromatic rings. The second kappa shape index (κ2) is 5.46. The molecule has 0 saturated carbocycles. The smallest absolute Gasteiger partial charge is 0.0537 e. The fourth-order valence-corrected chi connectivity index (χ4v) is 2.51. The van der Waals surface area contributed by atoms with Crippen molar-refractivity contribution in [3.8, 4) is 0 Å². The van der Waals surface area contributed by atoms with E-state index >= 15 is 0 Å². The Balaban J connectivity index is 1.92. The third kappa shape index (κ3) is 2.62. The number of aliphatic hydroxyl groups excluding tert-OH is 1. The van der Waals surface area contributed by atoms with Crippen LogP contribution in [0, 0.1) is 0 Å². The van der Waals surface area contributed by atoms with Crippen molar-refractivity contribution in [2.24, 2.45) is 7.05 Å². The topological polar surface area (TPSA) is 41.3 Å². The highest BCUT2D eigenvalue weighted by atomic mass is 16.2. The minimum Gasteiger partial charge on any atom is -0.396 e. The highest BCUT2D eigenvalue weighted by Gasteiger charge is 2.26. The van der Waals surface area contributed by atoms with E-state index in [0.29, 0.717) is 12.6 Å². The number of likely N-dealkylation sites (tertiary alicyclic amines) is 1. The molecule has 4 heteroatoms. The first-order valence-corrected chi connectivity index (χ1v) is 6.14. The van der Waals surface area contributed by atoms with Crippen molar-refractivity contribution in [1.82, 2.24) is 14.7 Å². The molecule has 0 radical (unpaired) electrons. The van der Waals surface area contributed by atoms with Crippen molar-refractivity contribution in [1.29, 1.82) is 0 Å². The lowest BCUT2D eigenvalue weighted by Gasteiger charge is -2.23. The molecule has 1 aromatic heterocycles. The number of rotatable bonds is 5. The molecular formula is C12H21N3O. The molecule has 1 atom stereocenters. The molecule has 0 aliphatic carbocycles. The van der Waals surface area contributed by atoms with Gasteiger partial charge >= 0.3 is 0 Å². The monoisotopic (exact) mass is 223 g/mol. The number of aryl methyl sites for hydroxylation is 1. The van der Waals surface area contributed by atoms with Crippen molar-refractivity contribution >= 4 is 0 Å². The first-order chi connectivity index (χ1) is 7.81. The van der Waals surface area contributed by atoms with Crippen molar-refractivity contribution in [3.63, 3.8) is 0 Å². The van der Waals surface area contributed by atoms with Gasteiger partial charge in [-0.2, -0.15) is 5.10 Å². The van der Waals surface area contributed by atoms with Crippen LogP contribution >= 0.6 is 0 Å². The van der Waals surface area contributed by atoms with Gasteiger partial charge in [0.1, 0.15) is 0 Å². The second-order valence-electron chi connectivity index (χ2n) is 4.57. The molecule has 2 rings (SSSR count). The van der Waals surface area contributed by atoms with Gasteiger partial charge in [0.05, 0.1) is 6.20 Å². The Hall–Kier alpha value is -0.870. The van der Waals surface area contributed by atoms with E-state index in [-0.39, 0.29) is 0 Å². The molecule has 16 heavy (non-hydrogen) atoms. The summed E-state index contributed by atoms with van der Waals surface area (Å²) < 4.78 is 1.87. The van der Waals surface area contributed by atoms with Crippen LogP contribution in [-0.4, -0.2) is 39.5 Å². The van der Waals surface area contributed by atoms with Crippen LogP contribution in [0.5, 0.6) is 0 Å². The average molecular weight is 223 g/mol. The first-order valence-electron chi connectivity index (χ1n) is 6.14. The second-order valence-corrected chi connectivity index (χ2v) is 4.57. The zero-order valence-corrected chi connectivity index (χ0v) is 9.97. The van der Waals surface area contributed by atoms with Gasteiger partial charge in [0.2, 0.25) is 0 Å². The van der Waals surface area contributed by atoms with Gasteiger partial charge < -0.3 is 5.11 Å². The number of hydrogen-bond donors (Lipinski definition) is 1. The highest BCUT2D eigenvalue weighted by Crippen LogP contribution is 2.31. The van der Waals surface area contributed by atoms with Crippen LogP contribution in [0.3, 0.4) is 0 Å². The molecule has 1 fully saturated rings. The Kier molecular flexibility index (Phi) is 3.96. The Morgan fingerprint density at radius 1 is 1.50 bits per heavy atom.